The molecule has 27 heavy (non-hydrogen) atoms. The van der Waals surface area contributed by atoms with E-state index in [1.807, 2.05) is 0 Å². The van der Waals surface area contributed by atoms with Crippen molar-refractivity contribution in [2.24, 2.45) is 0 Å². The summed E-state index contributed by atoms with van der Waals surface area (Å²) in [6.45, 7) is 2.13. The Hall–Kier alpha value is -2.77. The van der Waals surface area contributed by atoms with E-state index in [0.717, 1.165) is 5.39 Å². The van der Waals surface area contributed by atoms with E-state index in [1.165, 1.54) is 13.3 Å². The quantitative estimate of drug-likeness (QED) is 0.425. The summed E-state index contributed by atoms with van der Waals surface area (Å²) in [5.74, 6) is 0.928. The van der Waals surface area contributed by atoms with Crippen molar-refractivity contribution in [2.45, 2.75) is 6.92 Å². The van der Waals surface area contributed by atoms with Crippen LogP contribution in [0.1, 0.15) is 6.92 Å². The fraction of sp³-hybridized carbons (Fsp3) is 0.167. The number of anilines is 3. The number of amides is 1. The lowest BCUT2D eigenvalue weighted by Crippen LogP contribution is -2.25. The molecule has 3 rings (SSSR count). The first-order chi connectivity index (χ1) is 12.9. The number of nitrogen functional groups attached to an aromatic ring is 1. The van der Waals surface area contributed by atoms with Crippen molar-refractivity contribution in [1.29, 1.82) is 0 Å². The highest BCUT2D eigenvalue weighted by Crippen LogP contribution is 2.33. The zero-order valence-corrected chi connectivity index (χ0v) is 15.9. The molecule has 0 fully saturated rings. The normalized spacial score (nSPS) is 10.6. The monoisotopic (exact) mass is 405 g/mol. The van der Waals surface area contributed by atoms with Gasteiger partial charge in [0.15, 0.2) is 0 Å². The summed E-state index contributed by atoms with van der Waals surface area (Å²) in [5.41, 5.74) is 7.85. The van der Waals surface area contributed by atoms with Gasteiger partial charge in [-0.05, 0) is 24.3 Å². The molecule has 2 aromatic carbocycles. The standard InChI is InChI=1S/C18H17Cl2N5O2/c1-10(26)22-4-5-27-17-8-16-12(7-14(17)21)18(24-9-23-16)25-15-3-2-11(19)6-13(15)20/h2-3,6-9H,4-5,21H2,1H3,(H,22,26)(H,23,24,25). The van der Waals surface area contributed by atoms with Gasteiger partial charge in [0, 0.05) is 23.4 Å². The highest BCUT2D eigenvalue weighted by atomic mass is 35.5. The van der Waals surface area contributed by atoms with Crippen LogP contribution in [0.2, 0.25) is 10.0 Å². The van der Waals surface area contributed by atoms with Gasteiger partial charge < -0.3 is 21.1 Å². The largest absolute Gasteiger partial charge is 0.490 e. The second-order valence-electron chi connectivity index (χ2n) is 5.71. The molecule has 0 spiro atoms. The van der Waals surface area contributed by atoms with Crippen LogP contribution in [0, 0.1) is 0 Å². The van der Waals surface area contributed by atoms with Crippen LogP contribution in [0.4, 0.5) is 17.2 Å². The number of hydrogen-bond donors (Lipinski definition) is 3. The minimum absolute atomic E-state index is 0.116. The van der Waals surface area contributed by atoms with Gasteiger partial charge in [0.2, 0.25) is 5.91 Å². The molecule has 140 valence electrons. The average Bonchev–Trinajstić information content (AvgIpc) is 2.61. The van der Waals surface area contributed by atoms with Gasteiger partial charge in [0.05, 0.1) is 28.5 Å². The van der Waals surface area contributed by atoms with E-state index >= 15 is 0 Å². The molecule has 0 aliphatic rings. The van der Waals surface area contributed by atoms with E-state index in [0.29, 0.717) is 51.7 Å². The first-order valence-electron chi connectivity index (χ1n) is 8.07. The van der Waals surface area contributed by atoms with E-state index in [4.69, 9.17) is 33.7 Å². The van der Waals surface area contributed by atoms with Crippen molar-refractivity contribution >= 4 is 57.2 Å². The van der Waals surface area contributed by atoms with Crippen molar-refractivity contribution in [3.63, 3.8) is 0 Å². The molecule has 0 radical (unpaired) electrons. The summed E-state index contributed by atoms with van der Waals surface area (Å²) in [7, 11) is 0. The zero-order chi connectivity index (χ0) is 19.4. The molecule has 9 heteroatoms. The number of rotatable bonds is 6. The Bertz CT molecular complexity index is 997. The second kappa shape index (κ2) is 8.28. The minimum Gasteiger partial charge on any atom is -0.490 e. The summed E-state index contributed by atoms with van der Waals surface area (Å²) < 4.78 is 5.63. The number of nitrogens with zero attached hydrogens (tertiary/aromatic N) is 2. The first kappa shape index (κ1) is 19.0. The average molecular weight is 406 g/mol. The van der Waals surface area contributed by atoms with Crippen LogP contribution < -0.4 is 21.1 Å². The van der Waals surface area contributed by atoms with E-state index in [1.54, 1.807) is 30.3 Å². The number of nitrogens with one attached hydrogen (secondary N) is 2. The Kier molecular flexibility index (Phi) is 5.83. The maximum Gasteiger partial charge on any atom is 0.216 e. The molecule has 0 bridgehead atoms. The van der Waals surface area contributed by atoms with Gasteiger partial charge in [-0.2, -0.15) is 0 Å². The Balaban J connectivity index is 1.85. The number of nitrogens with two attached hydrogens (primary N) is 1. The number of halogens is 2. The fourth-order valence-electron chi connectivity index (χ4n) is 2.43. The van der Waals surface area contributed by atoms with E-state index < -0.39 is 0 Å². The van der Waals surface area contributed by atoms with Crippen LogP contribution in [0.25, 0.3) is 10.9 Å². The van der Waals surface area contributed by atoms with E-state index in [-0.39, 0.29) is 5.91 Å². The van der Waals surface area contributed by atoms with Gasteiger partial charge in [-0.15, -0.1) is 0 Å². The number of ether oxygens (including phenoxy) is 1. The maximum absolute atomic E-state index is 10.9. The van der Waals surface area contributed by atoms with Crippen LogP contribution >= 0.6 is 23.2 Å². The number of carbonyl (C=O) groups is 1. The number of benzene rings is 2. The summed E-state index contributed by atoms with van der Waals surface area (Å²) in [6.07, 6.45) is 1.44. The fourth-order valence-corrected chi connectivity index (χ4v) is 2.89. The van der Waals surface area contributed by atoms with Crippen LogP contribution in [0.3, 0.4) is 0 Å². The van der Waals surface area contributed by atoms with Gasteiger partial charge in [-0.25, -0.2) is 9.97 Å². The van der Waals surface area contributed by atoms with Crippen molar-refractivity contribution in [2.75, 3.05) is 24.2 Å². The minimum atomic E-state index is -0.116. The maximum atomic E-state index is 10.9. The summed E-state index contributed by atoms with van der Waals surface area (Å²) in [6, 6.07) is 8.60. The second-order valence-corrected chi connectivity index (χ2v) is 6.55. The molecule has 0 saturated carbocycles. The summed E-state index contributed by atoms with van der Waals surface area (Å²) in [4.78, 5) is 19.4. The van der Waals surface area contributed by atoms with Crippen molar-refractivity contribution in [3.05, 3.63) is 46.7 Å². The number of fused-ring (bicyclic) bond motifs is 1. The topological polar surface area (TPSA) is 102 Å². The third-order valence-electron chi connectivity index (χ3n) is 3.68. The Morgan fingerprint density at radius 2 is 2.04 bits per heavy atom. The van der Waals surface area contributed by atoms with Gasteiger partial charge in [-0.3, -0.25) is 4.79 Å². The zero-order valence-electron chi connectivity index (χ0n) is 14.4. The molecule has 1 heterocycles. The van der Waals surface area contributed by atoms with Crippen molar-refractivity contribution in [1.82, 2.24) is 15.3 Å². The molecule has 0 aliphatic carbocycles. The molecule has 0 saturated heterocycles. The SMILES string of the molecule is CC(=O)NCCOc1cc2ncnc(Nc3ccc(Cl)cc3Cl)c2cc1N. The highest BCUT2D eigenvalue weighted by Gasteiger charge is 2.11. The molecule has 1 aromatic heterocycles. The number of aromatic nitrogens is 2. The van der Waals surface area contributed by atoms with Crippen LogP contribution in [0.5, 0.6) is 5.75 Å². The van der Waals surface area contributed by atoms with Crippen LogP contribution in [-0.4, -0.2) is 29.0 Å². The van der Waals surface area contributed by atoms with Gasteiger partial charge in [0.1, 0.15) is 24.5 Å². The Morgan fingerprint density at radius 1 is 1.22 bits per heavy atom. The molecule has 3 aromatic rings. The van der Waals surface area contributed by atoms with E-state index in [9.17, 15) is 4.79 Å². The molecular weight excluding hydrogens is 389 g/mol. The third kappa shape index (κ3) is 4.69. The summed E-state index contributed by atoms with van der Waals surface area (Å²) >= 11 is 12.1. The molecule has 0 aliphatic heterocycles. The van der Waals surface area contributed by atoms with Crippen LogP contribution in [-0.2, 0) is 4.79 Å². The Labute approximate surface area is 165 Å². The lowest BCUT2D eigenvalue weighted by molar-refractivity contribution is -0.119. The predicted octanol–water partition coefficient (Wildman–Crippen LogP) is 3.78. The number of hydrogen-bond acceptors (Lipinski definition) is 6. The van der Waals surface area contributed by atoms with Gasteiger partial charge in [-0.1, -0.05) is 23.2 Å². The predicted molar refractivity (Wildman–Crippen MR) is 108 cm³/mol. The van der Waals surface area contributed by atoms with Gasteiger partial charge >= 0.3 is 0 Å². The van der Waals surface area contributed by atoms with Crippen molar-refractivity contribution in [3.8, 4) is 5.75 Å². The molecule has 4 N–H and O–H groups in total. The first-order valence-corrected chi connectivity index (χ1v) is 8.83. The Morgan fingerprint density at radius 3 is 2.78 bits per heavy atom. The van der Waals surface area contributed by atoms with Crippen LogP contribution in [0.15, 0.2) is 36.7 Å². The van der Waals surface area contributed by atoms with Gasteiger partial charge in [0.25, 0.3) is 0 Å². The molecule has 7 nitrogen and oxygen atoms in total. The highest BCUT2D eigenvalue weighted by molar-refractivity contribution is 6.36. The third-order valence-corrected chi connectivity index (χ3v) is 4.23. The molecule has 1 amide bonds. The summed E-state index contributed by atoms with van der Waals surface area (Å²) in [5, 5.41) is 7.56. The number of carbonyl (C=O) groups excluding carboxylic acids is 1. The molecule has 0 atom stereocenters. The lowest BCUT2D eigenvalue weighted by atomic mass is 10.2. The molecule has 0 unspecified atom stereocenters. The van der Waals surface area contributed by atoms with E-state index in [2.05, 4.69) is 20.6 Å². The molecular formula is C18H17Cl2N5O2. The van der Waals surface area contributed by atoms with Crippen molar-refractivity contribution < 1.29 is 9.53 Å². The smallest absolute Gasteiger partial charge is 0.216 e. The lowest BCUT2D eigenvalue weighted by Gasteiger charge is -2.13.